The molecule has 0 saturated heterocycles. The second kappa shape index (κ2) is 19.4. The van der Waals surface area contributed by atoms with Gasteiger partial charge in [0, 0.05) is 18.9 Å². The van der Waals surface area contributed by atoms with E-state index >= 15 is 0 Å². The van der Waals surface area contributed by atoms with E-state index in [0.29, 0.717) is 25.7 Å². The van der Waals surface area contributed by atoms with E-state index in [1.807, 2.05) is 51.2 Å². The number of cyclic esters (lactones) is 1. The van der Waals surface area contributed by atoms with Crippen LogP contribution in [0.5, 0.6) is 0 Å². The van der Waals surface area contributed by atoms with E-state index in [1.165, 1.54) is 6.08 Å². The molecule has 1 aliphatic heterocycles. The third-order valence-electron chi connectivity index (χ3n) is 6.81. The molecule has 0 unspecified atom stereocenters. The maximum Gasteiger partial charge on any atom is 0.331 e. The van der Waals surface area contributed by atoms with Gasteiger partial charge in [-0.25, -0.2) is 4.79 Å². The Kier molecular flexibility index (Phi) is 17.1. The molecule has 1 heterocycles. The molecule has 5 nitrogen and oxygen atoms in total. The lowest BCUT2D eigenvalue weighted by molar-refractivity contribution is -0.151. The number of ether oxygens (including phenoxy) is 2. The van der Waals surface area contributed by atoms with Crippen molar-refractivity contribution in [2.45, 2.75) is 118 Å². The van der Waals surface area contributed by atoms with Crippen molar-refractivity contribution in [3.63, 3.8) is 0 Å². The van der Waals surface area contributed by atoms with Crippen LogP contribution in [-0.4, -0.2) is 35.4 Å². The summed E-state index contributed by atoms with van der Waals surface area (Å²) >= 11 is 0. The Bertz CT molecular complexity index is 931. The minimum atomic E-state index is -0.398. The molecule has 1 rings (SSSR count). The van der Waals surface area contributed by atoms with E-state index in [2.05, 4.69) is 39.8 Å². The van der Waals surface area contributed by atoms with Gasteiger partial charge in [0.05, 0.1) is 6.10 Å². The number of allylic oxidation sites excluding steroid dienone is 9. The van der Waals surface area contributed by atoms with Gasteiger partial charge in [0.1, 0.15) is 12.2 Å². The van der Waals surface area contributed by atoms with Gasteiger partial charge in [-0.2, -0.15) is 0 Å². The zero-order chi connectivity index (χ0) is 29.2. The molecule has 0 radical (unpaired) electrons. The number of aliphatic hydroxyl groups excluding tert-OH is 1. The second-order valence-electron chi connectivity index (χ2n) is 11.2. The molecule has 0 saturated carbocycles. The van der Waals surface area contributed by atoms with Gasteiger partial charge in [-0.15, -0.1) is 0 Å². The average Bonchev–Trinajstić information content (AvgIpc) is 2.86. The lowest BCUT2D eigenvalue weighted by atomic mass is 9.94. The molecule has 0 aromatic carbocycles. The van der Waals surface area contributed by atoms with Gasteiger partial charge in [-0.05, 0) is 58.3 Å². The highest BCUT2D eigenvalue weighted by Crippen LogP contribution is 2.22. The highest BCUT2D eigenvalue weighted by atomic mass is 16.5. The van der Waals surface area contributed by atoms with Crippen LogP contribution >= 0.6 is 0 Å². The SMILES string of the molecule is CCCC[C@@H](O)C=C(C)C=CC=C(C)C=C(C)C=CC(=O)O[C@H]1CCCC(=O)O[C@@H](C(C)C)CC=CC[C@@H]1C. The van der Waals surface area contributed by atoms with Crippen LogP contribution in [0, 0.1) is 11.8 Å². The van der Waals surface area contributed by atoms with Crippen molar-refractivity contribution in [3.05, 3.63) is 71.4 Å². The van der Waals surface area contributed by atoms with Crippen molar-refractivity contribution in [2.75, 3.05) is 0 Å². The number of aliphatic hydroxyl groups is 1. The summed E-state index contributed by atoms with van der Waals surface area (Å²) < 4.78 is 11.5. The summed E-state index contributed by atoms with van der Waals surface area (Å²) in [5.74, 6) is -0.128. The zero-order valence-electron chi connectivity index (χ0n) is 25.3. The van der Waals surface area contributed by atoms with Crippen LogP contribution in [0.3, 0.4) is 0 Å². The summed E-state index contributed by atoms with van der Waals surface area (Å²) in [4.78, 5) is 24.9. The van der Waals surface area contributed by atoms with Crippen LogP contribution in [0.2, 0.25) is 0 Å². The number of carbonyl (C=O) groups is 2. The third-order valence-corrected chi connectivity index (χ3v) is 6.81. The van der Waals surface area contributed by atoms with Crippen molar-refractivity contribution < 1.29 is 24.2 Å². The predicted molar refractivity (Wildman–Crippen MR) is 161 cm³/mol. The Hall–Kier alpha value is -2.66. The molecular formula is C34H52O5. The lowest BCUT2D eigenvalue weighted by Gasteiger charge is -2.24. The van der Waals surface area contributed by atoms with E-state index in [9.17, 15) is 14.7 Å². The van der Waals surface area contributed by atoms with E-state index in [1.54, 1.807) is 6.08 Å². The first-order valence-corrected chi connectivity index (χ1v) is 14.6. The number of esters is 2. The maximum atomic E-state index is 12.6. The minimum Gasteiger partial charge on any atom is -0.462 e. The molecule has 5 heteroatoms. The third kappa shape index (κ3) is 16.1. The largest absolute Gasteiger partial charge is 0.462 e. The fourth-order valence-corrected chi connectivity index (χ4v) is 4.33. The molecule has 218 valence electrons. The number of carbonyl (C=O) groups excluding carboxylic acids is 2. The Morgan fingerprint density at radius 2 is 1.82 bits per heavy atom. The van der Waals surface area contributed by atoms with Crippen LogP contribution in [0.25, 0.3) is 0 Å². The fourth-order valence-electron chi connectivity index (χ4n) is 4.33. The molecular weight excluding hydrogens is 488 g/mol. The van der Waals surface area contributed by atoms with E-state index < -0.39 is 6.10 Å². The Morgan fingerprint density at radius 1 is 1.10 bits per heavy atom. The molecule has 0 spiro atoms. The van der Waals surface area contributed by atoms with Gasteiger partial charge >= 0.3 is 11.9 Å². The molecule has 39 heavy (non-hydrogen) atoms. The zero-order valence-corrected chi connectivity index (χ0v) is 25.3. The Labute approximate surface area is 237 Å². The Morgan fingerprint density at radius 3 is 2.51 bits per heavy atom. The highest BCUT2D eigenvalue weighted by Gasteiger charge is 2.23. The molecule has 0 fully saturated rings. The van der Waals surface area contributed by atoms with Crippen molar-refractivity contribution in [1.82, 2.24) is 0 Å². The molecule has 1 N–H and O–H groups in total. The van der Waals surface area contributed by atoms with Gasteiger partial charge in [0.25, 0.3) is 0 Å². The summed E-state index contributed by atoms with van der Waals surface area (Å²) in [6, 6.07) is 0. The second-order valence-corrected chi connectivity index (χ2v) is 11.2. The molecule has 0 aromatic rings. The standard InChI is InChI=1S/C34H52O5/c1-8-9-17-30(35)24-27(5)15-12-14-26(4)23-28(6)21-22-34(37)39-32-19-13-20-33(36)38-31(25(2)3)18-11-10-16-29(32)7/h10-12,14-15,21-25,29-32,35H,8-9,13,16-20H2,1-7H3/t29-,30+,31+,32-/m0/s1. The van der Waals surface area contributed by atoms with Crippen molar-refractivity contribution in [3.8, 4) is 0 Å². The van der Waals surface area contributed by atoms with Crippen LogP contribution in [-0.2, 0) is 19.1 Å². The van der Waals surface area contributed by atoms with Crippen LogP contribution in [0.4, 0.5) is 0 Å². The topological polar surface area (TPSA) is 72.8 Å². The first kappa shape index (κ1) is 34.4. The molecule has 0 aromatic heterocycles. The first-order chi connectivity index (χ1) is 18.5. The highest BCUT2D eigenvalue weighted by molar-refractivity contribution is 5.82. The molecule has 0 amide bonds. The number of unbranched alkanes of at least 4 members (excludes halogenated alkanes) is 1. The van der Waals surface area contributed by atoms with Crippen molar-refractivity contribution >= 4 is 11.9 Å². The van der Waals surface area contributed by atoms with Crippen LogP contribution in [0.1, 0.15) is 99.8 Å². The smallest absolute Gasteiger partial charge is 0.331 e. The summed E-state index contributed by atoms with van der Waals surface area (Å²) in [5.41, 5.74) is 3.01. The lowest BCUT2D eigenvalue weighted by Crippen LogP contribution is -2.26. The van der Waals surface area contributed by atoms with Gasteiger partial charge < -0.3 is 14.6 Å². The van der Waals surface area contributed by atoms with Crippen molar-refractivity contribution in [2.24, 2.45) is 11.8 Å². The summed E-state index contributed by atoms with van der Waals surface area (Å²) in [5, 5.41) is 10.0. The van der Waals surface area contributed by atoms with E-state index in [4.69, 9.17) is 9.47 Å². The van der Waals surface area contributed by atoms with E-state index in [-0.39, 0.29) is 36.0 Å². The van der Waals surface area contributed by atoms with Gasteiger partial charge in [0.15, 0.2) is 0 Å². The number of hydrogen-bond donors (Lipinski definition) is 1. The first-order valence-electron chi connectivity index (χ1n) is 14.6. The average molecular weight is 541 g/mol. The normalized spacial score (nSPS) is 23.6. The van der Waals surface area contributed by atoms with Gasteiger partial charge in [-0.1, -0.05) is 106 Å². The predicted octanol–water partition coefficient (Wildman–Crippen LogP) is 8.12. The summed E-state index contributed by atoms with van der Waals surface area (Å²) in [6.07, 6.45) is 22.5. The number of hydrogen-bond acceptors (Lipinski definition) is 5. The molecule has 0 bridgehead atoms. The summed E-state index contributed by atoms with van der Waals surface area (Å²) in [6.45, 7) is 14.3. The minimum absolute atomic E-state index is 0.0941. The molecule has 4 atom stereocenters. The van der Waals surface area contributed by atoms with Crippen LogP contribution in [0.15, 0.2) is 71.4 Å². The van der Waals surface area contributed by atoms with Crippen LogP contribution < -0.4 is 0 Å². The molecule has 0 aliphatic carbocycles. The fraction of sp³-hybridized carbons (Fsp3) is 0.588. The van der Waals surface area contributed by atoms with Gasteiger partial charge in [-0.3, -0.25) is 4.79 Å². The van der Waals surface area contributed by atoms with Gasteiger partial charge in [0.2, 0.25) is 0 Å². The summed E-state index contributed by atoms with van der Waals surface area (Å²) in [7, 11) is 0. The van der Waals surface area contributed by atoms with E-state index in [0.717, 1.165) is 42.4 Å². The quantitative estimate of drug-likeness (QED) is 0.124. The Balaban J connectivity index is 2.71. The molecule has 1 aliphatic rings. The maximum absolute atomic E-state index is 12.6. The monoisotopic (exact) mass is 540 g/mol. The van der Waals surface area contributed by atoms with Crippen molar-refractivity contribution in [1.29, 1.82) is 0 Å². The number of rotatable bonds is 11.